The van der Waals surface area contributed by atoms with Gasteiger partial charge in [-0.1, -0.05) is 0 Å². The first-order chi connectivity index (χ1) is 16.9. The van der Waals surface area contributed by atoms with Crippen molar-refractivity contribution in [3.63, 3.8) is 0 Å². The second kappa shape index (κ2) is 9.26. The number of anilines is 1. The summed E-state index contributed by atoms with van der Waals surface area (Å²) < 4.78 is 26.1. The molecule has 0 aliphatic carbocycles. The summed E-state index contributed by atoms with van der Waals surface area (Å²) in [6.45, 7) is 3.68. The third-order valence-electron chi connectivity index (χ3n) is 5.69. The molecule has 4 aromatic rings. The van der Waals surface area contributed by atoms with Crippen molar-refractivity contribution in [2.75, 3.05) is 38.8 Å². The highest BCUT2D eigenvalue weighted by Crippen LogP contribution is 2.28. The summed E-state index contributed by atoms with van der Waals surface area (Å²) in [6, 6.07) is 9.62. The molecule has 0 saturated carbocycles. The molecule has 1 saturated heterocycles. The third-order valence-corrected chi connectivity index (χ3v) is 5.69. The summed E-state index contributed by atoms with van der Waals surface area (Å²) >= 11 is 0. The molecule has 1 fully saturated rings. The fourth-order valence-corrected chi connectivity index (χ4v) is 3.82. The predicted octanol–water partition coefficient (Wildman–Crippen LogP) is 3.27. The minimum atomic E-state index is -0.695. The number of carbonyl (C=O) groups is 1. The van der Waals surface area contributed by atoms with Gasteiger partial charge in [0.05, 0.1) is 36.6 Å². The molecular weight excluding hydrogens is 453 g/mol. The highest BCUT2D eigenvalue weighted by atomic mass is 19.1. The van der Waals surface area contributed by atoms with Gasteiger partial charge in [0.1, 0.15) is 0 Å². The maximum Gasteiger partial charge on any atom is 0.327 e. The maximum atomic E-state index is 14.8. The van der Waals surface area contributed by atoms with Crippen molar-refractivity contribution in [3.8, 4) is 23.1 Å². The van der Waals surface area contributed by atoms with E-state index in [1.165, 1.54) is 17.0 Å². The van der Waals surface area contributed by atoms with Gasteiger partial charge in [0.25, 0.3) is 5.91 Å². The number of rotatable bonds is 5. The average Bonchev–Trinajstić information content (AvgIpc) is 3.33. The van der Waals surface area contributed by atoms with Crippen LogP contribution >= 0.6 is 0 Å². The minimum absolute atomic E-state index is 0.0359. The van der Waals surface area contributed by atoms with Gasteiger partial charge in [0.15, 0.2) is 17.4 Å². The molecule has 0 spiro atoms. The van der Waals surface area contributed by atoms with E-state index >= 15 is 0 Å². The Morgan fingerprint density at radius 3 is 2.83 bits per heavy atom. The molecule has 2 aromatic carbocycles. The van der Waals surface area contributed by atoms with Crippen LogP contribution < -0.4 is 9.64 Å². The van der Waals surface area contributed by atoms with Crippen molar-refractivity contribution < 1.29 is 18.7 Å². The lowest BCUT2D eigenvalue weighted by Gasteiger charge is -2.33. The zero-order valence-corrected chi connectivity index (χ0v) is 19.5. The molecule has 1 unspecified atom stereocenters. The molecule has 2 aromatic heterocycles. The van der Waals surface area contributed by atoms with Crippen LogP contribution in [-0.4, -0.2) is 75.6 Å². The Labute approximate surface area is 200 Å². The molecule has 1 aliphatic rings. The first-order valence-corrected chi connectivity index (χ1v) is 11.1. The SMILES string of the molecule is CC1COCCN1c1nc(Oc2ccc(C(=O)N(C)C)cc2F)nc(-c2ccc3[nH]cnc3c2)n1. The van der Waals surface area contributed by atoms with E-state index in [1.54, 1.807) is 20.4 Å². The molecule has 1 aliphatic heterocycles. The highest BCUT2D eigenvalue weighted by molar-refractivity contribution is 5.94. The molecule has 0 bridgehead atoms. The van der Waals surface area contributed by atoms with Gasteiger partial charge in [-0.3, -0.25) is 4.79 Å². The number of H-pyrrole nitrogens is 1. The topological polar surface area (TPSA) is 109 Å². The number of nitrogens with zero attached hydrogens (tertiary/aromatic N) is 6. The summed E-state index contributed by atoms with van der Waals surface area (Å²) in [5, 5.41) is 0. The molecule has 10 nitrogen and oxygen atoms in total. The lowest BCUT2D eigenvalue weighted by atomic mass is 10.2. The number of nitrogens with one attached hydrogen (secondary N) is 1. The van der Waals surface area contributed by atoms with Crippen LogP contribution in [0.15, 0.2) is 42.7 Å². The lowest BCUT2D eigenvalue weighted by Crippen LogP contribution is -2.44. The zero-order chi connectivity index (χ0) is 24.5. The van der Waals surface area contributed by atoms with E-state index in [9.17, 15) is 9.18 Å². The quantitative estimate of drug-likeness (QED) is 0.467. The Morgan fingerprint density at radius 1 is 1.20 bits per heavy atom. The van der Waals surface area contributed by atoms with Crippen molar-refractivity contribution >= 4 is 22.9 Å². The highest BCUT2D eigenvalue weighted by Gasteiger charge is 2.24. The number of hydrogen-bond acceptors (Lipinski definition) is 8. The van der Waals surface area contributed by atoms with Crippen molar-refractivity contribution in [1.29, 1.82) is 0 Å². The Kier molecular flexibility index (Phi) is 6.00. The number of aromatic amines is 1. The van der Waals surface area contributed by atoms with Gasteiger partial charge < -0.3 is 24.3 Å². The van der Waals surface area contributed by atoms with Gasteiger partial charge in [0.2, 0.25) is 5.95 Å². The molecule has 11 heteroatoms. The molecular formula is C24H24FN7O3. The summed E-state index contributed by atoms with van der Waals surface area (Å²) in [4.78, 5) is 36.5. The smallest absolute Gasteiger partial charge is 0.327 e. The van der Waals surface area contributed by atoms with Crippen LogP contribution in [0, 0.1) is 5.82 Å². The average molecular weight is 478 g/mol. The first kappa shape index (κ1) is 22.7. The molecule has 3 heterocycles. The van der Waals surface area contributed by atoms with Crippen LogP contribution in [0.4, 0.5) is 10.3 Å². The Bertz CT molecular complexity index is 1390. The minimum Gasteiger partial charge on any atom is -0.421 e. The third kappa shape index (κ3) is 4.62. The van der Waals surface area contributed by atoms with Crippen molar-refractivity contribution in [2.45, 2.75) is 13.0 Å². The predicted molar refractivity (Wildman–Crippen MR) is 127 cm³/mol. The summed E-state index contributed by atoms with van der Waals surface area (Å²) in [6.07, 6.45) is 1.62. The van der Waals surface area contributed by atoms with E-state index in [0.717, 1.165) is 17.1 Å². The number of hydrogen-bond donors (Lipinski definition) is 1. The van der Waals surface area contributed by atoms with Crippen LogP contribution in [0.3, 0.4) is 0 Å². The van der Waals surface area contributed by atoms with Crippen LogP contribution in [-0.2, 0) is 4.74 Å². The van der Waals surface area contributed by atoms with E-state index in [0.29, 0.717) is 37.1 Å². The first-order valence-electron chi connectivity index (χ1n) is 11.1. The number of carbonyl (C=O) groups excluding carboxylic acids is 1. The second-order valence-corrected chi connectivity index (χ2v) is 8.44. The number of benzene rings is 2. The molecule has 35 heavy (non-hydrogen) atoms. The van der Waals surface area contributed by atoms with Crippen LogP contribution in [0.2, 0.25) is 0 Å². The number of halogens is 1. The normalized spacial score (nSPS) is 15.9. The molecule has 1 amide bonds. The summed E-state index contributed by atoms with van der Waals surface area (Å²) in [7, 11) is 3.21. The lowest BCUT2D eigenvalue weighted by molar-refractivity contribution is 0.0827. The zero-order valence-electron chi connectivity index (χ0n) is 19.5. The fourth-order valence-electron chi connectivity index (χ4n) is 3.82. The van der Waals surface area contributed by atoms with Crippen LogP contribution in [0.1, 0.15) is 17.3 Å². The number of amides is 1. The van der Waals surface area contributed by atoms with E-state index in [2.05, 4.69) is 24.9 Å². The van der Waals surface area contributed by atoms with Crippen LogP contribution in [0.25, 0.3) is 22.4 Å². The molecule has 180 valence electrons. The Balaban J connectivity index is 1.54. The number of imidazole rings is 1. The Morgan fingerprint density at radius 2 is 2.06 bits per heavy atom. The maximum absolute atomic E-state index is 14.8. The number of ether oxygens (including phenoxy) is 2. The Hall–Kier alpha value is -4.12. The number of aromatic nitrogens is 5. The van der Waals surface area contributed by atoms with E-state index in [1.807, 2.05) is 30.0 Å². The molecule has 5 rings (SSSR count). The van der Waals surface area contributed by atoms with Crippen LogP contribution in [0.5, 0.6) is 11.8 Å². The molecule has 1 atom stereocenters. The summed E-state index contributed by atoms with van der Waals surface area (Å²) in [5.41, 5.74) is 2.58. The van der Waals surface area contributed by atoms with E-state index < -0.39 is 5.82 Å². The van der Waals surface area contributed by atoms with Crippen molar-refractivity contribution in [3.05, 3.63) is 54.1 Å². The van der Waals surface area contributed by atoms with E-state index in [-0.39, 0.29) is 29.3 Å². The summed E-state index contributed by atoms with van der Waals surface area (Å²) in [5.74, 6) is -0.327. The number of morpholine rings is 1. The molecule has 1 N–H and O–H groups in total. The number of fused-ring (bicyclic) bond motifs is 1. The van der Waals surface area contributed by atoms with E-state index in [4.69, 9.17) is 9.47 Å². The second-order valence-electron chi connectivity index (χ2n) is 8.44. The largest absolute Gasteiger partial charge is 0.421 e. The van der Waals surface area contributed by atoms with Gasteiger partial charge >= 0.3 is 6.01 Å². The fraction of sp³-hybridized carbons (Fsp3) is 0.292. The van der Waals surface area contributed by atoms with Gasteiger partial charge in [-0.05, 0) is 43.3 Å². The standard InChI is InChI=1S/C24H24FN7O3/c1-14-12-34-9-8-32(14)23-28-21(15-4-6-18-19(11-15)27-13-26-18)29-24(30-23)35-20-7-5-16(10-17(20)25)22(33)31(2)3/h4-7,10-11,13-14H,8-9,12H2,1-3H3,(H,26,27). The van der Waals surface area contributed by atoms with Gasteiger partial charge in [-0.15, -0.1) is 0 Å². The van der Waals surface area contributed by atoms with Gasteiger partial charge in [0, 0.05) is 31.8 Å². The van der Waals surface area contributed by atoms with Gasteiger partial charge in [-0.2, -0.15) is 15.0 Å². The molecule has 0 radical (unpaired) electrons. The monoisotopic (exact) mass is 477 g/mol. The van der Waals surface area contributed by atoms with Crippen molar-refractivity contribution in [1.82, 2.24) is 29.8 Å². The van der Waals surface area contributed by atoms with Gasteiger partial charge in [-0.25, -0.2) is 9.37 Å². The van der Waals surface area contributed by atoms with Crippen molar-refractivity contribution in [2.24, 2.45) is 0 Å².